The van der Waals surface area contributed by atoms with Crippen LogP contribution in [0, 0.1) is 0 Å². The number of carbonyl (C=O) groups is 1. The predicted molar refractivity (Wildman–Crippen MR) is 58.9 cm³/mol. The van der Waals surface area contributed by atoms with Crippen molar-refractivity contribution >= 4 is 5.97 Å². The number of carboxylic acids is 1. The Hall–Kier alpha value is -0.570. The average Bonchev–Trinajstić information content (AvgIpc) is 2.55. The highest BCUT2D eigenvalue weighted by atomic mass is 16.4. The minimum Gasteiger partial charge on any atom is -0.480 e. The summed E-state index contributed by atoms with van der Waals surface area (Å²) in [6, 6.07) is 0.365. The third-order valence-electron chi connectivity index (χ3n) is 3.87. The summed E-state index contributed by atoms with van der Waals surface area (Å²) in [7, 11) is 0. The maximum absolute atomic E-state index is 11.1. The van der Waals surface area contributed by atoms with Gasteiger partial charge in [-0.3, -0.25) is 9.69 Å². The van der Waals surface area contributed by atoms with Crippen molar-refractivity contribution in [3.63, 3.8) is 0 Å². The number of hydrogen-bond donors (Lipinski definition) is 1. The lowest BCUT2D eigenvalue weighted by Crippen LogP contribution is -2.43. The van der Waals surface area contributed by atoms with Crippen LogP contribution in [0.4, 0.5) is 0 Å². The average molecular weight is 211 g/mol. The molecule has 0 aromatic heterocycles. The fourth-order valence-corrected chi connectivity index (χ4v) is 3.08. The number of nitrogens with zero attached hydrogens (tertiary/aromatic N) is 1. The Labute approximate surface area is 91.5 Å². The Morgan fingerprint density at radius 2 is 1.67 bits per heavy atom. The van der Waals surface area contributed by atoms with Crippen LogP contribution >= 0.6 is 0 Å². The van der Waals surface area contributed by atoms with Crippen LogP contribution in [0.15, 0.2) is 0 Å². The van der Waals surface area contributed by atoms with Crippen molar-refractivity contribution in [2.45, 2.75) is 63.5 Å². The van der Waals surface area contributed by atoms with Gasteiger partial charge in [0, 0.05) is 6.04 Å². The van der Waals surface area contributed by atoms with Gasteiger partial charge in [0.15, 0.2) is 0 Å². The molecule has 0 aromatic carbocycles. The molecule has 0 amide bonds. The Kier molecular flexibility index (Phi) is 3.62. The standard InChI is InChI=1S/C12H21NO2/c14-12(15)11-8-5-9-13(11)10-6-3-1-2-4-7-10/h10-11H,1-9H2,(H,14,15)/t11-/m0/s1. The van der Waals surface area contributed by atoms with Crippen LogP contribution in [0.3, 0.4) is 0 Å². The normalized spacial score (nSPS) is 30.3. The van der Waals surface area contributed by atoms with Gasteiger partial charge in [-0.2, -0.15) is 0 Å². The summed E-state index contributed by atoms with van der Waals surface area (Å²) < 4.78 is 0. The molecule has 0 radical (unpaired) electrons. The van der Waals surface area contributed by atoms with Gasteiger partial charge in [-0.05, 0) is 32.2 Å². The van der Waals surface area contributed by atoms with Crippen molar-refractivity contribution in [3.8, 4) is 0 Å². The molecule has 2 rings (SSSR count). The molecule has 3 heteroatoms. The molecule has 1 N–H and O–H groups in total. The molecule has 3 nitrogen and oxygen atoms in total. The summed E-state index contributed by atoms with van der Waals surface area (Å²) in [5.41, 5.74) is 0. The zero-order chi connectivity index (χ0) is 10.7. The van der Waals surface area contributed by atoms with E-state index >= 15 is 0 Å². The van der Waals surface area contributed by atoms with Crippen molar-refractivity contribution < 1.29 is 9.90 Å². The Morgan fingerprint density at radius 3 is 2.27 bits per heavy atom. The fourth-order valence-electron chi connectivity index (χ4n) is 3.08. The number of rotatable bonds is 2. The van der Waals surface area contributed by atoms with Crippen LogP contribution in [0.5, 0.6) is 0 Å². The molecule has 86 valence electrons. The van der Waals surface area contributed by atoms with Gasteiger partial charge in [0.1, 0.15) is 6.04 Å². The quantitative estimate of drug-likeness (QED) is 0.712. The highest BCUT2D eigenvalue weighted by molar-refractivity contribution is 5.73. The first-order chi connectivity index (χ1) is 7.29. The summed E-state index contributed by atoms with van der Waals surface area (Å²) in [6.45, 7) is 1.00. The molecule has 0 aromatic rings. The van der Waals surface area contributed by atoms with Crippen LogP contribution < -0.4 is 0 Å². The van der Waals surface area contributed by atoms with E-state index in [9.17, 15) is 4.79 Å². The summed E-state index contributed by atoms with van der Waals surface area (Å²) in [4.78, 5) is 13.4. The molecule has 1 aliphatic carbocycles. The van der Waals surface area contributed by atoms with Crippen LogP contribution in [0.2, 0.25) is 0 Å². The predicted octanol–water partition coefficient (Wildman–Crippen LogP) is 2.26. The fraction of sp³-hybridized carbons (Fsp3) is 0.917. The monoisotopic (exact) mass is 211 g/mol. The van der Waals surface area contributed by atoms with Gasteiger partial charge in [0.2, 0.25) is 0 Å². The van der Waals surface area contributed by atoms with Crippen molar-refractivity contribution in [2.75, 3.05) is 6.54 Å². The largest absolute Gasteiger partial charge is 0.480 e. The molecule has 1 saturated heterocycles. The third kappa shape index (κ3) is 2.51. The van der Waals surface area contributed by atoms with E-state index in [0.29, 0.717) is 6.04 Å². The molecule has 1 saturated carbocycles. The topological polar surface area (TPSA) is 40.5 Å². The van der Waals surface area contributed by atoms with Crippen molar-refractivity contribution in [1.82, 2.24) is 4.90 Å². The lowest BCUT2D eigenvalue weighted by atomic mass is 10.1. The van der Waals surface area contributed by atoms with Gasteiger partial charge in [-0.15, -0.1) is 0 Å². The summed E-state index contributed by atoms with van der Waals surface area (Å²) in [6.07, 6.45) is 9.58. The molecule has 2 aliphatic rings. The molecule has 1 atom stereocenters. The van der Waals surface area contributed by atoms with Gasteiger partial charge in [0.25, 0.3) is 0 Å². The number of likely N-dealkylation sites (tertiary alicyclic amines) is 1. The van der Waals surface area contributed by atoms with Gasteiger partial charge in [-0.25, -0.2) is 0 Å². The van der Waals surface area contributed by atoms with Crippen LogP contribution in [0.25, 0.3) is 0 Å². The summed E-state index contributed by atoms with van der Waals surface area (Å²) in [5.74, 6) is -0.614. The van der Waals surface area contributed by atoms with E-state index in [2.05, 4.69) is 4.90 Å². The Bertz CT molecular complexity index is 222. The molecule has 1 aliphatic heterocycles. The smallest absolute Gasteiger partial charge is 0.320 e. The zero-order valence-corrected chi connectivity index (χ0v) is 9.32. The SMILES string of the molecule is O=C(O)[C@@H]1CCCN1C1CCCCCC1. The van der Waals surface area contributed by atoms with Crippen LogP contribution in [0.1, 0.15) is 51.4 Å². The van der Waals surface area contributed by atoms with Crippen LogP contribution in [-0.4, -0.2) is 34.6 Å². The van der Waals surface area contributed by atoms with Crippen molar-refractivity contribution in [3.05, 3.63) is 0 Å². The van der Waals surface area contributed by atoms with Crippen molar-refractivity contribution in [2.24, 2.45) is 0 Å². The van der Waals surface area contributed by atoms with E-state index in [4.69, 9.17) is 5.11 Å². The molecule has 2 fully saturated rings. The van der Waals surface area contributed by atoms with Crippen molar-refractivity contribution in [1.29, 1.82) is 0 Å². The minimum absolute atomic E-state index is 0.187. The van der Waals surface area contributed by atoms with E-state index in [1.54, 1.807) is 0 Å². The molecule has 0 bridgehead atoms. The minimum atomic E-state index is -0.614. The van der Waals surface area contributed by atoms with E-state index < -0.39 is 5.97 Å². The second-order valence-electron chi connectivity index (χ2n) is 4.88. The second-order valence-corrected chi connectivity index (χ2v) is 4.88. The second kappa shape index (κ2) is 4.97. The molecule has 15 heavy (non-hydrogen) atoms. The Morgan fingerprint density at radius 1 is 1.00 bits per heavy atom. The molecule has 1 heterocycles. The zero-order valence-electron chi connectivity index (χ0n) is 9.32. The van der Waals surface area contributed by atoms with Crippen LogP contribution in [-0.2, 0) is 4.79 Å². The lowest BCUT2D eigenvalue weighted by Gasteiger charge is -2.30. The first kappa shape index (κ1) is 10.9. The summed E-state index contributed by atoms with van der Waals surface area (Å²) >= 11 is 0. The number of aliphatic carboxylic acids is 1. The van der Waals surface area contributed by atoms with Gasteiger partial charge >= 0.3 is 5.97 Å². The molecule has 0 spiro atoms. The maximum atomic E-state index is 11.1. The van der Waals surface area contributed by atoms with Gasteiger partial charge in [-0.1, -0.05) is 25.7 Å². The molecule has 0 unspecified atom stereocenters. The number of hydrogen-bond acceptors (Lipinski definition) is 2. The number of carboxylic acid groups (broad SMARTS) is 1. The molecular formula is C12H21NO2. The van der Waals surface area contributed by atoms with E-state index in [1.807, 2.05) is 0 Å². The van der Waals surface area contributed by atoms with Gasteiger partial charge in [0.05, 0.1) is 0 Å². The van der Waals surface area contributed by atoms with E-state index in [0.717, 1.165) is 19.4 Å². The van der Waals surface area contributed by atoms with E-state index in [1.165, 1.54) is 38.5 Å². The first-order valence-corrected chi connectivity index (χ1v) is 6.27. The lowest BCUT2D eigenvalue weighted by molar-refractivity contribution is -0.143. The van der Waals surface area contributed by atoms with Gasteiger partial charge < -0.3 is 5.11 Å². The molecular weight excluding hydrogens is 190 g/mol. The van der Waals surface area contributed by atoms with E-state index in [-0.39, 0.29) is 6.04 Å². The first-order valence-electron chi connectivity index (χ1n) is 6.27. The third-order valence-corrected chi connectivity index (χ3v) is 3.87. The Balaban J connectivity index is 1.97. The highest BCUT2D eigenvalue weighted by Gasteiger charge is 2.35. The summed E-state index contributed by atoms with van der Waals surface area (Å²) in [5, 5.41) is 9.14. The highest BCUT2D eigenvalue weighted by Crippen LogP contribution is 2.28. The maximum Gasteiger partial charge on any atom is 0.320 e.